The van der Waals surface area contributed by atoms with Crippen LogP contribution in [0.2, 0.25) is 0 Å². The molecule has 6 rings (SSSR count). The number of aromatic nitrogens is 2. The van der Waals surface area contributed by atoms with Gasteiger partial charge in [-0.25, -0.2) is 4.79 Å². The Kier molecular flexibility index (Phi) is 9.14. The SMILES string of the molecule is CC(C)OC(=O)N1c2cc3c(nc2C(N(Cc2cc(C(F)(F)F)cc(C(F)(F)F)c2)c2cnc4c(c2)CCCC4)C(C)C1C)CCCC3. The average molecular weight is 675 g/mol. The molecular weight excluding hydrogens is 634 g/mol. The molecule has 0 saturated carbocycles. The predicted octanol–water partition coefficient (Wildman–Crippen LogP) is 9.41. The van der Waals surface area contributed by atoms with Gasteiger partial charge in [0.15, 0.2) is 0 Å². The lowest BCUT2D eigenvalue weighted by atomic mass is 9.82. The monoisotopic (exact) mass is 674 g/mol. The molecule has 0 N–H and O–H groups in total. The van der Waals surface area contributed by atoms with Gasteiger partial charge >= 0.3 is 18.4 Å². The summed E-state index contributed by atoms with van der Waals surface area (Å²) >= 11 is 0. The Labute approximate surface area is 276 Å². The van der Waals surface area contributed by atoms with E-state index in [4.69, 9.17) is 14.7 Å². The highest BCUT2D eigenvalue weighted by molar-refractivity contribution is 5.90. The van der Waals surface area contributed by atoms with E-state index < -0.39 is 41.7 Å². The number of amides is 1. The number of halogens is 6. The van der Waals surface area contributed by atoms with Crippen molar-refractivity contribution in [1.29, 1.82) is 0 Å². The number of pyridine rings is 2. The molecule has 3 unspecified atom stereocenters. The van der Waals surface area contributed by atoms with Crippen LogP contribution in [0.1, 0.15) is 104 Å². The van der Waals surface area contributed by atoms with Gasteiger partial charge in [-0.05, 0) is 119 Å². The number of aryl methyl sites for hydroxylation is 4. The van der Waals surface area contributed by atoms with Gasteiger partial charge in [-0.1, -0.05) is 6.92 Å². The Morgan fingerprint density at radius 2 is 1.46 bits per heavy atom. The molecule has 0 spiro atoms. The lowest BCUT2D eigenvalue weighted by Crippen LogP contribution is -2.52. The van der Waals surface area contributed by atoms with E-state index in [2.05, 4.69) is 0 Å². The van der Waals surface area contributed by atoms with Crippen LogP contribution in [0.5, 0.6) is 0 Å². The lowest BCUT2D eigenvalue weighted by molar-refractivity contribution is -0.143. The van der Waals surface area contributed by atoms with Crippen molar-refractivity contribution >= 4 is 17.5 Å². The maximum absolute atomic E-state index is 14.0. The van der Waals surface area contributed by atoms with Crippen molar-refractivity contribution in [3.63, 3.8) is 0 Å². The molecule has 1 amide bonds. The number of ether oxygens (including phenoxy) is 1. The first-order valence-corrected chi connectivity index (χ1v) is 16.7. The molecule has 0 bridgehead atoms. The second-order valence-corrected chi connectivity index (χ2v) is 13.6. The molecule has 3 atom stereocenters. The van der Waals surface area contributed by atoms with Crippen LogP contribution in [-0.4, -0.2) is 28.2 Å². The van der Waals surface area contributed by atoms with Gasteiger partial charge in [-0.2, -0.15) is 26.3 Å². The number of fused-ring (bicyclic) bond motifs is 3. The van der Waals surface area contributed by atoms with Crippen molar-refractivity contribution in [2.24, 2.45) is 5.92 Å². The number of rotatable bonds is 5. The maximum atomic E-state index is 14.0. The third-order valence-corrected chi connectivity index (χ3v) is 9.87. The zero-order chi connectivity index (χ0) is 34.5. The molecular formula is C36H40F6N4O2. The molecule has 3 aliphatic rings. The molecule has 2 aliphatic carbocycles. The van der Waals surface area contributed by atoms with Crippen LogP contribution in [0, 0.1) is 5.92 Å². The second kappa shape index (κ2) is 12.9. The largest absolute Gasteiger partial charge is 0.446 e. The third-order valence-electron chi connectivity index (χ3n) is 9.87. The summed E-state index contributed by atoms with van der Waals surface area (Å²) in [5, 5.41) is 0. The molecule has 12 heteroatoms. The third kappa shape index (κ3) is 6.72. The van der Waals surface area contributed by atoms with Crippen molar-refractivity contribution in [3.8, 4) is 0 Å². The normalized spacial score (nSPS) is 21.0. The lowest BCUT2D eigenvalue weighted by Gasteiger charge is -2.48. The van der Waals surface area contributed by atoms with Crippen LogP contribution < -0.4 is 9.80 Å². The molecule has 0 saturated heterocycles. The number of hydrogen-bond acceptors (Lipinski definition) is 5. The fraction of sp³-hybridized carbons (Fsp3) is 0.528. The number of benzene rings is 1. The van der Waals surface area contributed by atoms with E-state index in [0.717, 1.165) is 86.0 Å². The van der Waals surface area contributed by atoms with Gasteiger partial charge in [0.25, 0.3) is 0 Å². The summed E-state index contributed by atoms with van der Waals surface area (Å²) in [5.74, 6) is -0.365. The van der Waals surface area contributed by atoms with Gasteiger partial charge in [-0.15, -0.1) is 0 Å². The smallest absolute Gasteiger partial charge is 0.416 e. The molecule has 1 aromatic carbocycles. The van der Waals surface area contributed by atoms with Gasteiger partial charge in [0.05, 0.1) is 46.5 Å². The van der Waals surface area contributed by atoms with Crippen molar-refractivity contribution < 1.29 is 35.9 Å². The van der Waals surface area contributed by atoms with Crippen LogP contribution >= 0.6 is 0 Å². The van der Waals surface area contributed by atoms with Gasteiger partial charge < -0.3 is 9.64 Å². The summed E-state index contributed by atoms with van der Waals surface area (Å²) < 4.78 is 89.5. The molecule has 2 aromatic heterocycles. The van der Waals surface area contributed by atoms with E-state index >= 15 is 0 Å². The first-order chi connectivity index (χ1) is 22.6. The average Bonchev–Trinajstić information content (AvgIpc) is 3.02. The number of hydrogen-bond donors (Lipinski definition) is 0. The maximum Gasteiger partial charge on any atom is 0.416 e. The van der Waals surface area contributed by atoms with Gasteiger partial charge in [0.1, 0.15) is 0 Å². The minimum Gasteiger partial charge on any atom is -0.446 e. The quantitative estimate of drug-likeness (QED) is 0.253. The van der Waals surface area contributed by atoms with Crippen LogP contribution in [0.15, 0.2) is 36.5 Å². The Morgan fingerprint density at radius 1 is 0.875 bits per heavy atom. The topological polar surface area (TPSA) is 58.6 Å². The number of carbonyl (C=O) groups is 1. The Hall–Kier alpha value is -3.83. The first-order valence-electron chi connectivity index (χ1n) is 16.7. The second-order valence-electron chi connectivity index (χ2n) is 13.6. The van der Waals surface area contributed by atoms with Crippen LogP contribution in [-0.2, 0) is 49.3 Å². The molecule has 0 radical (unpaired) electrons. The fourth-order valence-electron chi connectivity index (χ4n) is 7.36. The molecule has 0 fully saturated rings. The highest BCUT2D eigenvalue weighted by atomic mass is 19.4. The Bertz CT molecular complexity index is 1660. The van der Waals surface area contributed by atoms with E-state index in [1.807, 2.05) is 30.9 Å². The summed E-state index contributed by atoms with van der Waals surface area (Å²) in [6.07, 6.45) is -2.23. The molecule has 258 valence electrons. The molecule has 6 nitrogen and oxygen atoms in total. The number of carbonyl (C=O) groups excluding carboxylic acids is 1. The molecule has 3 aromatic rings. The molecule has 3 heterocycles. The summed E-state index contributed by atoms with van der Waals surface area (Å²) in [6, 6.07) is 4.62. The minimum atomic E-state index is -4.98. The fourth-order valence-corrected chi connectivity index (χ4v) is 7.36. The molecule has 1 aliphatic heterocycles. The summed E-state index contributed by atoms with van der Waals surface area (Å²) in [5.41, 5.74) is 2.68. The standard InChI is InChI=1S/C36H40F6N4O2/c1-20(2)48-34(47)46-22(4)21(3)33(32-31(46)16-25-10-6-8-12-30(25)44-32)45(28-15-24-9-5-7-11-29(24)43-18-28)19-23-13-26(35(37,38)39)17-27(14-23)36(40,41)42/h13-18,20-22,33H,5-12,19H2,1-4H3. The summed E-state index contributed by atoms with van der Waals surface area (Å²) in [4.78, 5) is 26.9. The highest BCUT2D eigenvalue weighted by Crippen LogP contribution is 2.47. The Balaban J connectivity index is 1.55. The van der Waals surface area contributed by atoms with E-state index in [1.54, 1.807) is 24.9 Å². The first kappa shape index (κ1) is 34.0. The van der Waals surface area contributed by atoms with Gasteiger partial charge in [0.2, 0.25) is 0 Å². The molecule has 48 heavy (non-hydrogen) atoms. The van der Waals surface area contributed by atoms with Crippen molar-refractivity contribution in [3.05, 3.63) is 81.4 Å². The van der Waals surface area contributed by atoms with E-state index in [-0.39, 0.29) is 30.2 Å². The van der Waals surface area contributed by atoms with E-state index in [9.17, 15) is 31.1 Å². The Morgan fingerprint density at radius 3 is 2.06 bits per heavy atom. The zero-order valence-corrected chi connectivity index (χ0v) is 27.5. The van der Waals surface area contributed by atoms with Gasteiger partial charge in [0, 0.05) is 29.9 Å². The van der Waals surface area contributed by atoms with Crippen molar-refractivity contribution in [1.82, 2.24) is 9.97 Å². The van der Waals surface area contributed by atoms with Crippen molar-refractivity contribution in [2.45, 2.75) is 116 Å². The summed E-state index contributed by atoms with van der Waals surface area (Å²) in [6.45, 7) is 7.07. The predicted molar refractivity (Wildman–Crippen MR) is 170 cm³/mol. The number of anilines is 2. The van der Waals surface area contributed by atoms with Gasteiger partial charge in [-0.3, -0.25) is 14.9 Å². The van der Waals surface area contributed by atoms with Crippen LogP contribution in [0.3, 0.4) is 0 Å². The number of alkyl halides is 6. The minimum absolute atomic E-state index is 0.143. The van der Waals surface area contributed by atoms with E-state index in [1.165, 1.54) is 0 Å². The van der Waals surface area contributed by atoms with Crippen molar-refractivity contribution in [2.75, 3.05) is 9.80 Å². The van der Waals surface area contributed by atoms with Crippen LogP contribution in [0.25, 0.3) is 0 Å². The highest BCUT2D eigenvalue weighted by Gasteiger charge is 2.45. The zero-order valence-electron chi connectivity index (χ0n) is 27.5. The summed E-state index contributed by atoms with van der Waals surface area (Å²) in [7, 11) is 0. The van der Waals surface area contributed by atoms with E-state index in [0.29, 0.717) is 17.1 Å². The number of nitrogens with zero attached hydrogens (tertiary/aromatic N) is 4. The van der Waals surface area contributed by atoms with Crippen LogP contribution in [0.4, 0.5) is 42.5 Å².